The number of carbonyl (C=O) groups excluding carboxylic acids is 1. The first-order valence-corrected chi connectivity index (χ1v) is 8.82. The Hall–Kier alpha value is -2.74. The summed E-state index contributed by atoms with van der Waals surface area (Å²) >= 11 is 0. The van der Waals surface area contributed by atoms with Gasteiger partial charge in [-0.05, 0) is 54.8 Å². The minimum atomic E-state index is -2.86. The van der Waals surface area contributed by atoms with Crippen molar-refractivity contribution in [1.82, 2.24) is 15.2 Å². The third-order valence-corrected chi connectivity index (χ3v) is 4.42. The Morgan fingerprint density at radius 3 is 2.44 bits per heavy atom. The van der Waals surface area contributed by atoms with E-state index < -0.39 is 6.61 Å². The van der Waals surface area contributed by atoms with Gasteiger partial charge >= 0.3 is 12.6 Å². The van der Waals surface area contributed by atoms with Crippen LogP contribution in [0.1, 0.15) is 18.4 Å². The molecule has 0 unspecified atom stereocenters. The molecule has 0 saturated carbocycles. The summed E-state index contributed by atoms with van der Waals surface area (Å²) in [6.45, 7) is -0.162. The minimum Gasteiger partial charge on any atom is -0.435 e. The Labute approximate surface area is 156 Å². The number of ether oxygens (including phenoxy) is 1. The highest BCUT2D eigenvalue weighted by molar-refractivity contribution is 5.89. The van der Waals surface area contributed by atoms with Gasteiger partial charge in [-0.15, -0.1) is 0 Å². The third kappa shape index (κ3) is 6.18. The molecular weight excluding hydrogens is 354 g/mol. The van der Waals surface area contributed by atoms with Gasteiger partial charge in [0.05, 0.1) is 0 Å². The lowest BCUT2D eigenvalue weighted by Gasteiger charge is -2.32. The van der Waals surface area contributed by atoms with Gasteiger partial charge < -0.3 is 15.4 Å². The number of halogens is 2. The lowest BCUT2D eigenvalue weighted by molar-refractivity contribution is -0.0498. The summed E-state index contributed by atoms with van der Waals surface area (Å²) in [5.41, 5.74) is 1.75. The van der Waals surface area contributed by atoms with Crippen LogP contribution in [0, 0.1) is 0 Å². The van der Waals surface area contributed by atoms with E-state index in [2.05, 4.69) is 25.3 Å². The number of anilines is 1. The molecule has 1 aliphatic heterocycles. The minimum absolute atomic E-state index is 0.0533. The summed E-state index contributed by atoms with van der Waals surface area (Å²) in [5, 5.41) is 5.67. The van der Waals surface area contributed by atoms with E-state index in [1.165, 1.54) is 29.8 Å². The zero-order valence-electron chi connectivity index (χ0n) is 14.8. The summed E-state index contributed by atoms with van der Waals surface area (Å²) in [5.74, 6) is 0.0533. The molecular formula is C19H22F2N4O2. The number of urea groups is 1. The first-order chi connectivity index (χ1) is 13.1. The molecule has 0 aliphatic carbocycles. The number of aromatic nitrogens is 1. The van der Waals surface area contributed by atoms with Gasteiger partial charge in [-0.25, -0.2) is 4.79 Å². The van der Waals surface area contributed by atoms with Gasteiger partial charge in [-0.2, -0.15) is 8.78 Å². The molecule has 2 N–H and O–H groups in total. The van der Waals surface area contributed by atoms with E-state index in [0.717, 1.165) is 32.5 Å². The second kappa shape index (κ2) is 9.27. The number of piperidine rings is 1. The second-order valence-corrected chi connectivity index (χ2v) is 6.41. The molecule has 2 amide bonds. The maximum absolute atomic E-state index is 12.1. The Balaban J connectivity index is 1.40. The molecule has 1 fully saturated rings. The number of nitrogens with zero attached hydrogens (tertiary/aromatic N) is 2. The Morgan fingerprint density at radius 2 is 1.81 bits per heavy atom. The molecule has 1 aliphatic rings. The topological polar surface area (TPSA) is 66.5 Å². The number of hydrogen-bond donors (Lipinski definition) is 2. The fourth-order valence-electron chi connectivity index (χ4n) is 3.05. The lowest BCUT2D eigenvalue weighted by atomic mass is 10.0. The van der Waals surface area contributed by atoms with Crippen molar-refractivity contribution in [3.05, 3.63) is 54.4 Å². The summed E-state index contributed by atoms with van der Waals surface area (Å²) in [6, 6.07) is 9.65. The van der Waals surface area contributed by atoms with Crippen LogP contribution in [0.3, 0.4) is 0 Å². The van der Waals surface area contributed by atoms with Crippen molar-refractivity contribution in [3.63, 3.8) is 0 Å². The maximum atomic E-state index is 12.1. The molecule has 6 nitrogen and oxygen atoms in total. The molecule has 8 heteroatoms. The molecule has 1 saturated heterocycles. The normalized spacial score (nSPS) is 15.5. The average molecular weight is 376 g/mol. The standard InChI is InChI=1S/C19H22F2N4O2/c20-18(21)27-17-3-1-15(2-4-17)23-19(26)24-16-7-11-25(12-8-16)13-14-5-9-22-10-6-14/h1-6,9-10,16,18H,7-8,11-13H2,(H2,23,24,26). The van der Waals surface area contributed by atoms with E-state index in [4.69, 9.17) is 0 Å². The number of amides is 2. The van der Waals surface area contributed by atoms with Crippen LogP contribution in [0.4, 0.5) is 19.3 Å². The zero-order valence-corrected chi connectivity index (χ0v) is 14.8. The Bertz CT molecular complexity index is 720. The Kier molecular flexibility index (Phi) is 6.54. The predicted octanol–water partition coefficient (Wildman–Crippen LogP) is 3.47. The number of likely N-dealkylation sites (tertiary alicyclic amines) is 1. The number of hydrogen-bond acceptors (Lipinski definition) is 4. The van der Waals surface area contributed by atoms with Crippen molar-refractivity contribution >= 4 is 11.7 Å². The van der Waals surface area contributed by atoms with Gasteiger partial charge in [0.1, 0.15) is 5.75 Å². The van der Waals surface area contributed by atoms with E-state index >= 15 is 0 Å². The predicted molar refractivity (Wildman–Crippen MR) is 97.8 cm³/mol. The van der Waals surface area contributed by atoms with Gasteiger partial charge in [0.25, 0.3) is 0 Å². The quantitative estimate of drug-likeness (QED) is 0.810. The molecule has 0 atom stereocenters. The molecule has 27 heavy (non-hydrogen) atoms. The summed E-state index contributed by atoms with van der Waals surface area (Å²) < 4.78 is 28.5. The number of benzene rings is 1. The smallest absolute Gasteiger partial charge is 0.387 e. The van der Waals surface area contributed by atoms with Crippen LogP contribution in [-0.2, 0) is 6.54 Å². The number of carbonyl (C=O) groups is 1. The van der Waals surface area contributed by atoms with Crippen molar-refractivity contribution in [3.8, 4) is 5.75 Å². The Morgan fingerprint density at radius 1 is 1.15 bits per heavy atom. The third-order valence-electron chi connectivity index (χ3n) is 4.42. The van der Waals surface area contributed by atoms with Gasteiger partial charge in [0.15, 0.2) is 0 Å². The highest BCUT2D eigenvalue weighted by atomic mass is 19.3. The zero-order chi connectivity index (χ0) is 19.1. The van der Waals surface area contributed by atoms with Crippen LogP contribution in [0.2, 0.25) is 0 Å². The van der Waals surface area contributed by atoms with E-state index in [0.29, 0.717) is 5.69 Å². The largest absolute Gasteiger partial charge is 0.435 e. The van der Waals surface area contributed by atoms with Crippen molar-refractivity contribution in [2.75, 3.05) is 18.4 Å². The fourth-order valence-corrected chi connectivity index (χ4v) is 3.05. The molecule has 2 aromatic rings. The number of alkyl halides is 2. The summed E-state index contributed by atoms with van der Waals surface area (Å²) in [4.78, 5) is 18.5. The van der Waals surface area contributed by atoms with Crippen molar-refractivity contribution < 1.29 is 18.3 Å². The summed E-state index contributed by atoms with van der Waals surface area (Å²) in [6.07, 6.45) is 5.33. The second-order valence-electron chi connectivity index (χ2n) is 6.41. The van der Waals surface area contributed by atoms with E-state index in [1.807, 2.05) is 12.1 Å². The van der Waals surface area contributed by atoms with Crippen LogP contribution in [-0.4, -0.2) is 41.7 Å². The lowest BCUT2D eigenvalue weighted by Crippen LogP contribution is -2.45. The van der Waals surface area contributed by atoms with Crippen molar-refractivity contribution in [2.45, 2.75) is 32.0 Å². The maximum Gasteiger partial charge on any atom is 0.387 e. The van der Waals surface area contributed by atoms with Gasteiger partial charge in [-0.3, -0.25) is 9.88 Å². The van der Waals surface area contributed by atoms with Crippen LogP contribution < -0.4 is 15.4 Å². The average Bonchev–Trinajstić information content (AvgIpc) is 2.65. The van der Waals surface area contributed by atoms with E-state index in [9.17, 15) is 13.6 Å². The molecule has 0 radical (unpaired) electrons. The van der Waals surface area contributed by atoms with Gasteiger partial charge in [0, 0.05) is 43.8 Å². The van der Waals surface area contributed by atoms with E-state index in [-0.39, 0.29) is 17.8 Å². The first-order valence-electron chi connectivity index (χ1n) is 8.82. The first kappa shape index (κ1) is 19.0. The molecule has 1 aromatic carbocycles. The molecule has 1 aromatic heterocycles. The van der Waals surface area contributed by atoms with Crippen LogP contribution >= 0.6 is 0 Å². The number of pyridine rings is 1. The molecule has 144 valence electrons. The van der Waals surface area contributed by atoms with Gasteiger partial charge in [-0.1, -0.05) is 0 Å². The van der Waals surface area contributed by atoms with Crippen LogP contribution in [0.15, 0.2) is 48.8 Å². The van der Waals surface area contributed by atoms with Crippen molar-refractivity contribution in [1.29, 1.82) is 0 Å². The SMILES string of the molecule is O=C(Nc1ccc(OC(F)F)cc1)NC1CCN(Cc2ccncc2)CC1. The molecule has 3 rings (SSSR count). The van der Waals surface area contributed by atoms with E-state index in [1.54, 1.807) is 12.4 Å². The number of nitrogens with one attached hydrogen (secondary N) is 2. The van der Waals surface area contributed by atoms with Gasteiger partial charge in [0.2, 0.25) is 0 Å². The monoisotopic (exact) mass is 376 g/mol. The summed E-state index contributed by atoms with van der Waals surface area (Å²) in [7, 11) is 0. The van der Waals surface area contributed by atoms with Crippen LogP contribution in [0.5, 0.6) is 5.75 Å². The molecule has 0 spiro atoms. The van der Waals surface area contributed by atoms with Crippen LogP contribution in [0.25, 0.3) is 0 Å². The fraction of sp³-hybridized carbons (Fsp3) is 0.368. The number of rotatable bonds is 6. The highest BCUT2D eigenvalue weighted by Crippen LogP contribution is 2.18. The molecule has 0 bridgehead atoms. The molecule has 2 heterocycles. The highest BCUT2D eigenvalue weighted by Gasteiger charge is 2.20. The van der Waals surface area contributed by atoms with Crippen molar-refractivity contribution in [2.24, 2.45) is 0 Å².